The molecule has 0 saturated heterocycles. The van der Waals surface area contributed by atoms with Gasteiger partial charge in [0.1, 0.15) is 6.61 Å². The first-order chi connectivity index (χ1) is 22.2. The van der Waals surface area contributed by atoms with Crippen LogP contribution in [-0.4, -0.2) is 50.3 Å². The third kappa shape index (κ3) is 7.85. The molecule has 0 bridgehead atoms. The minimum absolute atomic E-state index is 0.0316. The van der Waals surface area contributed by atoms with E-state index in [0.29, 0.717) is 14.4 Å². The van der Waals surface area contributed by atoms with Gasteiger partial charge in [-0.1, -0.05) is 99.6 Å². The number of esters is 1. The molecule has 17 heteroatoms. The van der Waals surface area contributed by atoms with Gasteiger partial charge in [0.25, 0.3) is 0 Å². The minimum atomic E-state index is -2.00. The number of carbonyl (C=O) groups is 1. The summed E-state index contributed by atoms with van der Waals surface area (Å²) in [6, 6.07) is 14.3. The monoisotopic (exact) mass is 790 g/mol. The zero-order chi connectivity index (χ0) is 34.1. The Kier molecular flexibility index (Phi) is 11.0. The molecule has 0 spiro atoms. The molecule has 0 radical (unpaired) electrons. The smallest absolute Gasteiger partial charge is 0.338 e. The van der Waals surface area contributed by atoms with Crippen molar-refractivity contribution in [2.75, 3.05) is 29.5 Å². The number of benzene rings is 2. The maximum atomic E-state index is 12.8. The maximum Gasteiger partial charge on any atom is 0.338 e. The number of hydrogen-bond acceptors (Lipinski definition) is 10. The molecule has 0 amide bonds. The van der Waals surface area contributed by atoms with E-state index in [0.717, 1.165) is 30.3 Å². The van der Waals surface area contributed by atoms with E-state index in [4.69, 9.17) is 86.6 Å². The Morgan fingerprint density at radius 3 is 2.00 bits per heavy atom. The van der Waals surface area contributed by atoms with Crippen molar-refractivity contribution in [1.29, 1.82) is 0 Å². The van der Waals surface area contributed by atoms with E-state index < -0.39 is 13.6 Å². The summed E-state index contributed by atoms with van der Waals surface area (Å²) in [7, 11) is 0. The van der Waals surface area contributed by atoms with E-state index in [2.05, 4.69) is 56.5 Å². The van der Waals surface area contributed by atoms with E-state index in [9.17, 15) is 9.90 Å². The number of para-hydroxylation sites is 2. The fourth-order valence-corrected chi connectivity index (χ4v) is 6.50. The summed E-state index contributed by atoms with van der Waals surface area (Å²) in [5.74, 6) is -0.157. The highest BCUT2D eigenvalue weighted by Gasteiger charge is 2.34. The van der Waals surface area contributed by atoms with Gasteiger partial charge in [-0.3, -0.25) is 4.57 Å². The molecule has 9 nitrogen and oxygen atoms in total. The van der Waals surface area contributed by atoms with Crippen LogP contribution in [0, 0.1) is 3.95 Å². The number of rotatable bonds is 8. The molecule has 0 unspecified atom stereocenters. The number of fused-ring (bicyclic) bond motifs is 1. The normalized spacial score (nSPS) is 13.1. The Bertz CT molecular complexity index is 1870. The molecule has 1 aliphatic heterocycles. The number of ether oxygens (including phenoxy) is 1. The fraction of sp³-hybridized carbons (Fsp3) is 0.267. The van der Waals surface area contributed by atoms with E-state index in [1.165, 1.54) is 28.0 Å². The molecule has 246 valence electrons. The lowest BCUT2D eigenvalue weighted by atomic mass is 10.1. The van der Waals surface area contributed by atoms with Crippen LogP contribution >= 0.6 is 93.2 Å². The van der Waals surface area contributed by atoms with Gasteiger partial charge in [-0.05, 0) is 50.3 Å². The van der Waals surface area contributed by atoms with Crippen LogP contribution in [0.4, 0.5) is 11.4 Å². The van der Waals surface area contributed by atoms with Crippen molar-refractivity contribution in [3.63, 3.8) is 0 Å². The first kappa shape index (κ1) is 35.7. The third-order valence-corrected chi connectivity index (χ3v) is 9.30. The lowest BCUT2D eigenvalue weighted by Crippen LogP contribution is -2.27. The van der Waals surface area contributed by atoms with Crippen LogP contribution in [0.25, 0.3) is 17.5 Å². The van der Waals surface area contributed by atoms with Gasteiger partial charge in [-0.2, -0.15) is 0 Å². The number of aromatic hydroxyl groups is 1. The van der Waals surface area contributed by atoms with Crippen LogP contribution in [0.3, 0.4) is 0 Å². The van der Waals surface area contributed by atoms with Gasteiger partial charge < -0.3 is 19.6 Å². The summed E-state index contributed by atoms with van der Waals surface area (Å²) in [5, 5.41) is 11.0. The van der Waals surface area contributed by atoms with Crippen molar-refractivity contribution in [1.82, 2.24) is 19.5 Å². The average Bonchev–Trinajstić information content (AvgIpc) is 3.50. The zero-order valence-corrected chi connectivity index (χ0v) is 30.7. The minimum Gasteiger partial charge on any atom is -0.493 e. The second kappa shape index (κ2) is 14.5. The van der Waals surface area contributed by atoms with Crippen LogP contribution in [0.15, 0.2) is 60.1 Å². The number of alkyl halides is 6. The second-order valence-corrected chi connectivity index (χ2v) is 16.1. The lowest BCUT2D eigenvalue weighted by Gasteiger charge is -2.21. The summed E-state index contributed by atoms with van der Waals surface area (Å²) in [4.78, 5) is 30.0. The lowest BCUT2D eigenvalue weighted by molar-refractivity contribution is 0.0488. The molecule has 0 aliphatic carbocycles. The molecule has 5 rings (SSSR count). The van der Waals surface area contributed by atoms with Crippen molar-refractivity contribution in [2.45, 2.75) is 28.0 Å². The second-order valence-electron chi connectivity index (χ2n) is 9.81. The highest BCUT2D eigenvalue weighted by atomic mass is 35.6. The van der Waals surface area contributed by atoms with Crippen molar-refractivity contribution >= 4 is 117 Å². The summed E-state index contributed by atoms with van der Waals surface area (Å²) in [6.07, 6.45) is 1.73. The fourth-order valence-electron chi connectivity index (χ4n) is 4.75. The quantitative estimate of drug-likeness (QED) is 0.0811. The Morgan fingerprint density at radius 2 is 1.49 bits per heavy atom. The van der Waals surface area contributed by atoms with Gasteiger partial charge in [0.2, 0.25) is 13.5 Å². The number of hydrogen-bond donors (Lipinski definition) is 1. The van der Waals surface area contributed by atoms with Crippen LogP contribution in [0.1, 0.15) is 40.7 Å². The number of nitrogens with zero attached hydrogens (tertiary/aromatic N) is 6. The highest BCUT2D eigenvalue weighted by molar-refractivity contribution is 7.73. The Labute approximate surface area is 309 Å². The van der Waals surface area contributed by atoms with Crippen LogP contribution in [-0.2, 0) is 18.9 Å². The van der Waals surface area contributed by atoms with Gasteiger partial charge in [0, 0.05) is 24.7 Å². The first-order valence-electron chi connectivity index (χ1n) is 13.9. The molecular formula is C30H24Cl6N6O3S2. The van der Waals surface area contributed by atoms with E-state index in [1.807, 2.05) is 12.1 Å². The molecule has 1 aliphatic rings. The summed E-state index contributed by atoms with van der Waals surface area (Å²) < 4.78 is 3.39. The topological polar surface area (TPSA) is 96.6 Å². The van der Waals surface area contributed by atoms with Crippen LogP contribution in [0.5, 0.6) is 5.88 Å². The van der Waals surface area contributed by atoms with E-state index in [1.54, 1.807) is 18.2 Å². The average molecular weight is 793 g/mol. The summed E-state index contributed by atoms with van der Waals surface area (Å²) in [5.41, 5.74) is 6.25. The molecule has 2 aromatic carbocycles. The predicted octanol–water partition coefficient (Wildman–Crippen LogP) is 9.17. The number of halogens is 6. The third-order valence-electron chi connectivity index (χ3n) is 6.90. The highest BCUT2D eigenvalue weighted by Crippen LogP contribution is 2.42. The number of thiazole rings is 1. The molecule has 0 saturated carbocycles. The summed E-state index contributed by atoms with van der Waals surface area (Å²) in [6.45, 7) is 5.77. The van der Waals surface area contributed by atoms with Crippen LogP contribution in [0.2, 0.25) is 0 Å². The molecule has 0 atom stereocenters. The van der Waals surface area contributed by atoms with Crippen molar-refractivity contribution in [3.8, 4) is 17.3 Å². The maximum absolute atomic E-state index is 12.8. The Morgan fingerprint density at radius 1 is 0.936 bits per heavy atom. The zero-order valence-electron chi connectivity index (χ0n) is 24.6. The summed E-state index contributed by atoms with van der Waals surface area (Å²) >= 11 is 42.5. The van der Waals surface area contributed by atoms with Crippen LogP contribution < -0.4 is 9.80 Å². The SMILES string of the molecule is CCN1C(=C=Cc2sc(=S)n(CCOC(=O)c3ccc(-c4nc(C(Cl)(Cl)Cl)nc(C(Cl)(Cl)Cl)n4)cc3)c2O)N(CC)c2ccccc21. The Hall–Kier alpha value is -2.57. The number of aromatic nitrogens is 4. The molecule has 0 fully saturated rings. The van der Waals surface area contributed by atoms with Gasteiger partial charge in [-0.25, -0.2) is 19.7 Å². The standard InChI is InChI=1S/C30H24Cl6N6O3S2/c1-3-40-19-7-5-6-8-20(19)41(4-2)22(40)14-13-21-24(43)42(28(46)47-21)15-16-45-25(44)18-11-9-17(10-12-18)23-37-26(29(31,32)33)39-27(38-23)30(34,35)36/h5-13,43H,3-4,15-16H2,1-2H3. The van der Waals surface area contributed by atoms with Gasteiger partial charge in [0.05, 0.1) is 28.4 Å². The Balaban J connectivity index is 1.28. The number of carbonyl (C=O) groups excluding carboxylic acids is 1. The van der Waals surface area contributed by atoms with Gasteiger partial charge >= 0.3 is 5.97 Å². The molecular weight excluding hydrogens is 769 g/mol. The van der Waals surface area contributed by atoms with Crippen molar-refractivity contribution in [2.24, 2.45) is 0 Å². The molecule has 2 aromatic heterocycles. The predicted molar refractivity (Wildman–Crippen MR) is 193 cm³/mol. The van der Waals surface area contributed by atoms with Gasteiger partial charge in [0.15, 0.2) is 27.2 Å². The molecule has 1 N–H and O–H groups in total. The van der Waals surface area contributed by atoms with Crippen molar-refractivity contribution in [3.05, 3.63) is 86.1 Å². The number of anilines is 2. The van der Waals surface area contributed by atoms with E-state index in [-0.39, 0.29) is 42.1 Å². The first-order valence-corrected chi connectivity index (χ1v) is 17.4. The van der Waals surface area contributed by atoms with Gasteiger partial charge in [-0.15, -0.1) is 11.3 Å². The van der Waals surface area contributed by atoms with E-state index >= 15 is 0 Å². The molecule has 3 heterocycles. The molecule has 47 heavy (non-hydrogen) atoms. The largest absolute Gasteiger partial charge is 0.493 e. The molecule has 4 aromatic rings. The van der Waals surface area contributed by atoms with Crippen molar-refractivity contribution < 1.29 is 14.6 Å².